The summed E-state index contributed by atoms with van der Waals surface area (Å²) < 4.78 is 34.4. The fourth-order valence-electron chi connectivity index (χ4n) is 6.16. The molecule has 4 amide bonds. The lowest BCUT2D eigenvalue weighted by atomic mass is 9.80. The zero-order chi connectivity index (χ0) is 35.9. The molecule has 0 bridgehead atoms. The zero-order valence-corrected chi connectivity index (χ0v) is 28.2. The Morgan fingerprint density at radius 2 is 1.74 bits per heavy atom. The first-order valence-corrected chi connectivity index (χ1v) is 17.1. The van der Waals surface area contributed by atoms with E-state index in [-0.39, 0.29) is 28.5 Å². The Morgan fingerprint density at radius 3 is 2.38 bits per heavy atom. The molecule has 1 saturated heterocycles. The van der Waals surface area contributed by atoms with Gasteiger partial charge in [-0.15, -0.1) is 5.10 Å². The van der Waals surface area contributed by atoms with E-state index in [2.05, 4.69) is 25.1 Å². The zero-order valence-electron chi connectivity index (χ0n) is 27.4. The maximum atomic E-state index is 15.3. The van der Waals surface area contributed by atoms with Crippen molar-refractivity contribution in [2.45, 2.75) is 56.2 Å². The van der Waals surface area contributed by atoms with Gasteiger partial charge in [0.15, 0.2) is 0 Å². The van der Waals surface area contributed by atoms with E-state index in [1.807, 2.05) is 12.4 Å². The number of aliphatic hydroxyl groups is 1. The largest absolute Gasteiger partial charge is 0.363 e. The molecule has 264 valence electrons. The van der Waals surface area contributed by atoms with Crippen LogP contribution in [-0.4, -0.2) is 93.1 Å². The van der Waals surface area contributed by atoms with E-state index >= 15 is 8.78 Å². The number of nitrogens with zero attached hydrogens (tertiary/aromatic N) is 5. The first kappa shape index (κ1) is 36.4. The molecule has 1 saturated carbocycles. The smallest absolute Gasteiger partial charge is 0.349 e. The van der Waals surface area contributed by atoms with E-state index in [0.29, 0.717) is 57.4 Å². The number of amides is 4. The number of nitriles is 1. The van der Waals surface area contributed by atoms with E-state index in [1.54, 1.807) is 23.1 Å². The van der Waals surface area contributed by atoms with Crippen LogP contribution in [0.5, 0.6) is 0 Å². The molecule has 2 heterocycles. The number of nitrogens with one attached hydrogen (secondary N) is 3. The highest BCUT2D eigenvalue weighted by atomic mass is 32.1. The van der Waals surface area contributed by atoms with Gasteiger partial charge in [0.05, 0.1) is 17.8 Å². The minimum atomic E-state index is -4.15. The molecule has 1 aliphatic heterocycles. The number of benzene rings is 2. The molecule has 16 heteroatoms. The van der Waals surface area contributed by atoms with Crippen LogP contribution in [0.1, 0.15) is 58.5 Å². The first-order valence-electron chi connectivity index (χ1n) is 16.3. The van der Waals surface area contributed by atoms with Gasteiger partial charge in [0, 0.05) is 49.8 Å². The molecule has 0 radical (unpaired) electrons. The van der Waals surface area contributed by atoms with Crippen LogP contribution in [0, 0.1) is 17.2 Å². The SMILES string of the molecule is CN1CCN(C(=O)[C@@H](Cc2ccc(NC(=O)[C@](O)(NC(=O)C(F)(F)c3cccc(C#N)c3)C3CCCCC3)cc2)NC(=O)c2cnns2)CC1. The number of aromatic nitrogens is 2. The van der Waals surface area contributed by atoms with E-state index in [4.69, 9.17) is 5.26 Å². The second-order valence-corrected chi connectivity index (χ2v) is 13.4. The fraction of sp³-hybridized carbons (Fsp3) is 0.441. The number of hydrogen-bond donors (Lipinski definition) is 4. The Balaban J connectivity index is 1.31. The van der Waals surface area contributed by atoms with Crippen molar-refractivity contribution in [3.05, 3.63) is 76.3 Å². The maximum Gasteiger partial charge on any atom is 0.349 e. The third kappa shape index (κ3) is 8.47. The molecular weight excluding hydrogens is 670 g/mol. The number of piperazine rings is 1. The summed E-state index contributed by atoms with van der Waals surface area (Å²) >= 11 is 0.907. The molecule has 0 unspecified atom stereocenters. The number of anilines is 1. The number of rotatable bonds is 11. The predicted molar refractivity (Wildman–Crippen MR) is 179 cm³/mol. The first-order chi connectivity index (χ1) is 23.9. The van der Waals surface area contributed by atoms with E-state index in [0.717, 1.165) is 30.1 Å². The van der Waals surface area contributed by atoms with Crippen molar-refractivity contribution >= 4 is 40.8 Å². The van der Waals surface area contributed by atoms with Crippen LogP contribution in [0.4, 0.5) is 14.5 Å². The number of carbonyl (C=O) groups excluding carboxylic acids is 4. The van der Waals surface area contributed by atoms with Crippen molar-refractivity contribution in [3.63, 3.8) is 0 Å². The summed E-state index contributed by atoms with van der Waals surface area (Å²) in [5, 5.41) is 31.8. The highest BCUT2D eigenvalue weighted by Crippen LogP contribution is 2.35. The van der Waals surface area contributed by atoms with E-state index in [1.165, 1.54) is 30.5 Å². The van der Waals surface area contributed by atoms with Crippen LogP contribution in [0.15, 0.2) is 54.7 Å². The molecule has 3 aromatic rings. The Morgan fingerprint density at radius 1 is 1.04 bits per heavy atom. The van der Waals surface area contributed by atoms with E-state index in [9.17, 15) is 24.3 Å². The minimum Gasteiger partial charge on any atom is -0.363 e. The van der Waals surface area contributed by atoms with Gasteiger partial charge in [-0.25, -0.2) is 0 Å². The summed E-state index contributed by atoms with van der Waals surface area (Å²) in [6.07, 6.45) is 4.20. The van der Waals surface area contributed by atoms with Crippen LogP contribution in [0.25, 0.3) is 0 Å². The van der Waals surface area contributed by atoms with Gasteiger partial charge >= 0.3 is 5.92 Å². The third-order valence-corrected chi connectivity index (χ3v) is 9.80. The lowest BCUT2D eigenvalue weighted by Gasteiger charge is -2.38. The molecule has 2 fully saturated rings. The summed E-state index contributed by atoms with van der Waals surface area (Å²) in [6, 6.07) is 11.6. The van der Waals surface area contributed by atoms with Crippen molar-refractivity contribution in [3.8, 4) is 6.07 Å². The number of halogens is 2. The molecule has 2 aliphatic rings. The lowest BCUT2D eigenvalue weighted by Crippen LogP contribution is -2.63. The van der Waals surface area contributed by atoms with Gasteiger partial charge in [0.2, 0.25) is 11.6 Å². The van der Waals surface area contributed by atoms with Crippen molar-refractivity contribution in [1.29, 1.82) is 5.26 Å². The van der Waals surface area contributed by atoms with Crippen LogP contribution in [0.2, 0.25) is 0 Å². The number of hydrogen-bond acceptors (Lipinski definition) is 10. The van der Waals surface area contributed by atoms with Crippen molar-refractivity contribution in [1.82, 2.24) is 30.0 Å². The average molecular weight is 709 g/mol. The Bertz CT molecular complexity index is 1720. The van der Waals surface area contributed by atoms with Crippen LogP contribution in [-0.2, 0) is 26.7 Å². The normalized spacial score (nSPS) is 17.5. The lowest BCUT2D eigenvalue weighted by molar-refractivity contribution is -0.166. The molecule has 0 spiro atoms. The fourth-order valence-corrected chi connectivity index (χ4v) is 6.58. The van der Waals surface area contributed by atoms with Crippen molar-refractivity contribution in [2.24, 2.45) is 5.92 Å². The summed E-state index contributed by atoms with van der Waals surface area (Å²) in [6.45, 7) is 2.40. The molecular formula is C34H38F2N8O5S. The van der Waals surface area contributed by atoms with Gasteiger partial charge in [-0.3, -0.25) is 19.2 Å². The third-order valence-electron chi connectivity index (χ3n) is 9.14. The highest BCUT2D eigenvalue weighted by Gasteiger charge is 2.51. The summed E-state index contributed by atoms with van der Waals surface area (Å²) in [5.41, 5.74) is -2.64. The quantitative estimate of drug-likeness (QED) is 0.218. The minimum absolute atomic E-state index is 0.0757. The summed E-state index contributed by atoms with van der Waals surface area (Å²) in [7, 11) is 1.97. The van der Waals surface area contributed by atoms with Crippen LogP contribution in [0.3, 0.4) is 0 Å². The Labute approximate surface area is 291 Å². The van der Waals surface area contributed by atoms with Gasteiger partial charge in [-0.1, -0.05) is 48.0 Å². The monoisotopic (exact) mass is 708 g/mol. The number of carbonyl (C=O) groups is 4. The molecule has 1 aromatic heterocycles. The topological polar surface area (TPSA) is 181 Å². The van der Waals surface area contributed by atoms with Gasteiger partial charge < -0.3 is 30.9 Å². The number of alkyl halides is 2. The Hall–Kier alpha value is -4.85. The Kier molecular flexibility index (Phi) is 11.5. The van der Waals surface area contributed by atoms with Crippen molar-refractivity contribution in [2.75, 3.05) is 38.5 Å². The second kappa shape index (κ2) is 15.8. The predicted octanol–water partition coefficient (Wildman–Crippen LogP) is 2.64. The molecule has 2 aromatic carbocycles. The summed E-state index contributed by atoms with van der Waals surface area (Å²) in [4.78, 5) is 57.1. The average Bonchev–Trinajstić information content (AvgIpc) is 3.68. The molecule has 2 atom stereocenters. The van der Waals surface area contributed by atoms with Gasteiger partial charge in [-0.05, 0) is 61.3 Å². The molecule has 4 N–H and O–H groups in total. The molecule has 1 aliphatic carbocycles. The van der Waals surface area contributed by atoms with Crippen LogP contribution >= 0.6 is 11.5 Å². The van der Waals surface area contributed by atoms with Gasteiger partial charge in [-0.2, -0.15) is 14.0 Å². The van der Waals surface area contributed by atoms with Crippen molar-refractivity contribution < 1.29 is 33.1 Å². The number of likely N-dealkylation sites (N-methyl/N-ethyl adjacent to an activating group) is 1. The van der Waals surface area contributed by atoms with E-state index < -0.39 is 46.9 Å². The molecule has 50 heavy (non-hydrogen) atoms. The van der Waals surface area contributed by atoms with Gasteiger partial charge in [0.1, 0.15) is 10.9 Å². The molecule has 13 nitrogen and oxygen atoms in total. The molecule has 5 rings (SSSR count). The van der Waals surface area contributed by atoms with Gasteiger partial charge in [0.25, 0.3) is 17.7 Å². The van der Waals surface area contributed by atoms with Crippen LogP contribution < -0.4 is 16.0 Å². The maximum absolute atomic E-state index is 15.3. The summed E-state index contributed by atoms with van der Waals surface area (Å²) in [5.74, 6) is -8.67. The highest BCUT2D eigenvalue weighted by molar-refractivity contribution is 7.07. The second-order valence-electron chi connectivity index (χ2n) is 12.6. The standard InChI is InChI=1S/C34H38F2N8O5S/c1-43-14-16-44(17-15-43)30(46)27(40-29(45)28-21-38-42-50-28)19-22-10-12-26(13-11-22)39-32(48)34(49,24-7-3-2-4-8-24)41-31(47)33(35,36)25-9-5-6-23(18-25)20-37/h5-6,9-13,18,21,24,27,49H,2-4,7-8,14-17,19H2,1H3,(H,39,48)(H,40,45)(H,41,47)/t27-,34+/m1/s1.